The van der Waals surface area contributed by atoms with E-state index in [1.165, 1.54) is 11.3 Å². The molecular weight excluding hydrogens is 262 g/mol. The zero-order valence-corrected chi connectivity index (χ0v) is 11.5. The lowest BCUT2D eigenvalue weighted by Crippen LogP contribution is -2.13. The first kappa shape index (κ1) is 13.5. The van der Waals surface area contributed by atoms with Crippen LogP contribution in [0.5, 0.6) is 5.75 Å². The Morgan fingerprint density at radius 2 is 2.26 bits per heavy atom. The molecule has 0 fully saturated rings. The van der Waals surface area contributed by atoms with Gasteiger partial charge in [0.1, 0.15) is 16.5 Å². The summed E-state index contributed by atoms with van der Waals surface area (Å²) < 4.78 is 0. The largest absolute Gasteiger partial charge is 0.508 e. The number of hydrogen-bond acceptors (Lipinski definition) is 5. The van der Waals surface area contributed by atoms with Crippen LogP contribution >= 0.6 is 11.3 Å². The van der Waals surface area contributed by atoms with Crippen LogP contribution in [0, 0.1) is 6.92 Å². The molecule has 0 radical (unpaired) electrons. The number of aromatic hydroxyl groups is 1. The van der Waals surface area contributed by atoms with Crippen molar-refractivity contribution in [3.63, 3.8) is 0 Å². The molecule has 19 heavy (non-hydrogen) atoms. The van der Waals surface area contributed by atoms with E-state index in [9.17, 15) is 9.90 Å². The SMILES string of the molecule is Cc1cc(NC(=O)c2csc(C(C)N)n2)ccc1O. The van der Waals surface area contributed by atoms with Crippen LogP contribution in [-0.4, -0.2) is 16.0 Å². The zero-order valence-electron chi connectivity index (χ0n) is 10.7. The highest BCUT2D eigenvalue weighted by Crippen LogP contribution is 2.21. The number of benzene rings is 1. The molecule has 4 N–H and O–H groups in total. The number of phenolic OH excluding ortho intramolecular Hbond substituents is 1. The smallest absolute Gasteiger partial charge is 0.275 e. The average Bonchev–Trinajstić information content (AvgIpc) is 2.83. The van der Waals surface area contributed by atoms with E-state index in [0.717, 1.165) is 5.01 Å². The third-order valence-electron chi connectivity index (χ3n) is 2.60. The molecule has 0 spiro atoms. The monoisotopic (exact) mass is 277 g/mol. The van der Waals surface area contributed by atoms with Crippen molar-refractivity contribution in [2.45, 2.75) is 19.9 Å². The maximum absolute atomic E-state index is 12.0. The molecule has 0 aliphatic carbocycles. The minimum absolute atomic E-state index is 0.178. The van der Waals surface area contributed by atoms with Crippen LogP contribution in [0.15, 0.2) is 23.6 Å². The van der Waals surface area contributed by atoms with Crippen LogP contribution in [0.2, 0.25) is 0 Å². The summed E-state index contributed by atoms with van der Waals surface area (Å²) in [5.74, 6) is -0.0841. The number of carbonyl (C=O) groups excluding carboxylic acids is 1. The molecule has 0 saturated carbocycles. The molecule has 0 saturated heterocycles. The highest BCUT2D eigenvalue weighted by molar-refractivity contribution is 7.09. The predicted octanol–water partition coefficient (Wildman–Crippen LogP) is 2.43. The van der Waals surface area contributed by atoms with E-state index in [1.54, 1.807) is 30.5 Å². The Morgan fingerprint density at radius 3 is 2.84 bits per heavy atom. The molecule has 1 aromatic carbocycles. The number of nitrogens with zero attached hydrogens (tertiary/aromatic N) is 1. The van der Waals surface area contributed by atoms with E-state index in [4.69, 9.17) is 5.73 Å². The summed E-state index contributed by atoms with van der Waals surface area (Å²) in [7, 11) is 0. The Morgan fingerprint density at radius 1 is 1.53 bits per heavy atom. The van der Waals surface area contributed by atoms with Crippen LogP contribution in [0.3, 0.4) is 0 Å². The standard InChI is InChI=1S/C13H15N3O2S/c1-7-5-9(3-4-11(7)17)15-12(18)10-6-19-13(16-10)8(2)14/h3-6,8,17H,14H2,1-2H3,(H,15,18). The lowest BCUT2D eigenvalue weighted by molar-refractivity contribution is 0.102. The molecule has 0 aliphatic rings. The van der Waals surface area contributed by atoms with Crippen LogP contribution in [-0.2, 0) is 0 Å². The van der Waals surface area contributed by atoms with Gasteiger partial charge in [0.25, 0.3) is 5.91 Å². The normalized spacial score (nSPS) is 12.2. The molecule has 1 amide bonds. The molecule has 0 bridgehead atoms. The van der Waals surface area contributed by atoms with E-state index < -0.39 is 0 Å². The fraction of sp³-hybridized carbons (Fsp3) is 0.231. The summed E-state index contributed by atoms with van der Waals surface area (Å²) in [4.78, 5) is 16.2. The van der Waals surface area contributed by atoms with Crippen LogP contribution < -0.4 is 11.1 Å². The summed E-state index contributed by atoms with van der Waals surface area (Å²) in [6.07, 6.45) is 0. The zero-order chi connectivity index (χ0) is 14.0. The summed E-state index contributed by atoms with van der Waals surface area (Å²) in [5.41, 5.74) is 7.38. The van der Waals surface area contributed by atoms with Gasteiger partial charge < -0.3 is 16.2 Å². The van der Waals surface area contributed by atoms with Crippen LogP contribution in [0.4, 0.5) is 5.69 Å². The molecule has 1 atom stereocenters. The lowest BCUT2D eigenvalue weighted by Gasteiger charge is -2.05. The first-order chi connectivity index (χ1) is 8.97. The average molecular weight is 277 g/mol. The molecule has 6 heteroatoms. The van der Waals surface area contributed by atoms with Crippen molar-refractivity contribution in [1.29, 1.82) is 0 Å². The van der Waals surface area contributed by atoms with Crippen LogP contribution in [0.1, 0.15) is 34.0 Å². The number of amides is 1. The van der Waals surface area contributed by atoms with Crippen molar-refractivity contribution in [2.75, 3.05) is 5.32 Å². The minimum atomic E-state index is -0.284. The van der Waals surface area contributed by atoms with Gasteiger partial charge in [0, 0.05) is 11.1 Å². The van der Waals surface area contributed by atoms with E-state index in [2.05, 4.69) is 10.3 Å². The molecule has 5 nitrogen and oxygen atoms in total. The van der Waals surface area contributed by atoms with Gasteiger partial charge >= 0.3 is 0 Å². The fourth-order valence-electron chi connectivity index (χ4n) is 1.53. The molecule has 0 aliphatic heterocycles. The number of carbonyl (C=O) groups is 1. The number of aryl methyl sites for hydroxylation is 1. The molecule has 2 rings (SSSR count). The van der Waals surface area contributed by atoms with Crippen molar-refractivity contribution in [3.8, 4) is 5.75 Å². The summed E-state index contributed by atoms with van der Waals surface area (Å²) in [5, 5.41) is 14.6. The van der Waals surface area contributed by atoms with Gasteiger partial charge in [0.15, 0.2) is 0 Å². The number of hydrogen-bond donors (Lipinski definition) is 3. The minimum Gasteiger partial charge on any atom is -0.508 e. The number of rotatable bonds is 3. The Labute approximate surface area is 115 Å². The number of phenols is 1. The van der Waals surface area contributed by atoms with Gasteiger partial charge in [-0.3, -0.25) is 4.79 Å². The number of anilines is 1. The van der Waals surface area contributed by atoms with Gasteiger partial charge in [-0.15, -0.1) is 11.3 Å². The Hall–Kier alpha value is -1.92. The molecule has 1 heterocycles. The summed E-state index contributed by atoms with van der Waals surface area (Å²) in [6, 6.07) is 4.70. The van der Waals surface area contributed by atoms with E-state index in [0.29, 0.717) is 16.9 Å². The molecule has 2 aromatic rings. The van der Waals surface area contributed by atoms with Gasteiger partial charge in [-0.05, 0) is 37.6 Å². The van der Waals surface area contributed by atoms with Crippen molar-refractivity contribution in [1.82, 2.24) is 4.98 Å². The molecule has 1 aromatic heterocycles. The topological polar surface area (TPSA) is 88.2 Å². The van der Waals surface area contributed by atoms with Gasteiger partial charge in [-0.1, -0.05) is 0 Å². The second-order valence-corrected chi connectivity index (χ2v) is 5.20. The molecule has 1 unspecified atom stereocenters. The van der Waals surface area contributed by atoms with Gasteiger partial charge in [-0.2, -0.15) is 0 Å². The van der Waals surface area contributed by atoms with Crippen molar-refractivity contribution in [2.24, 2.45) is 5.73 Å². The molecular formula is C13H15N3O2S. The number of aromatic nitrogens is 1. The number of nitrogens with one attached hydrogen (secondary N) is 1. The van der Waals surface area contributed by atoms with Gasteiger partial charge in [-0.25, -0.2) is 4.98 Å². The summed E-state index contributed by atoms with van der Waals surface area (Å²) >= 11 is 1.37. The van der Waals surface area contributed by atoms with Crippen molar-refractivity contribution < 1.29 is 9.90 Å². The van der Waals surface area contributed by atoms with E-state index in [1.807, 2.05) is 6.92 Å². The highest BCUT2D eigenvalue weighted by Gasteiger charge is 2.13. The maximum Gasteiger partial charge on any atom is 0.275 e. The quantitative estimate of drug-likeness (QED) is 0.752. The van der Waals surface area contributed by atoms with Crippen LogP contribution in [0.25, 0.3) is 0 Å². The van der Waals surface area contributed by atoms with Gasteiger partial charge in [0.2, 0.25) is 0 Å². The third kappa shape index (κ3) is 3.10. The Bertz CT molecular complexity index is 608. The van der Waals surface area contributed by atoms with Gasteiger partial charge in [0.05, 0.1) is 6.04 Å². The highest BCUT2D eigenvalue weighted by atomic mass is 32.1. The lowest BCUT2D eigenvalue weighted by atomic mass is 10.2. The fourth-order valence-corrected chi connectivity index (χ4v) is 2.29. The van der Waals surface area contributed by atoms with Crippen molar-refractivity contribution in [3.05, 3.63) is 39.8 Å². The van der Waals surface area contributed by atoms with E-state index in [-0.39, 0.29) is 17.7 Å². The second-order valence-electron chi connectivity index (χ2n) is 4.32. The summed E-state index contributed by atoms with van der Waals surface area (Å²) in [6.45, 7) is 3.59. The third-order valence-corrected chi connectivity index (χ3v) is 3.64. The second kappa shape index (κ2) is 5.38. The van der Waals surface area contributed by atoms with Crippen molar-refractivity contribution >= 4 is 22.9 Å². The number of thiazole rings is 1. The molecule has 100 valence electrons. The predicted molar refractivity (Wildman–Crippen MR) is 75.5 cm³/mol. The Kier molecular flexibility index (Phi) is 3.82. The first-order valence-electron chi connectivity index (χ1n) is 5.79. The van der Waals surface area contributed by atoms with E-state index >= 15 is 0 Å². The maximum atomic E-state index is 12.0. The Balaban J connectivity index is 2.13. The number of nitrogens with two attached hydrogens (primary N) is 1. The first-order valence-corrected chi connectivity index (χ1v) is 6.67.